The van der Waals surface area contributed by atoms with E-state index in [1.165, 1.54) is 0 Å². The summed E-state index contributed by atoms with van der Waals surface area (Å²) in [6.45, 7) is 2.10. The van der Waals surface area contributed by atoms with Crippen molar-refractivity contribution in [2.75, 3.05) is 10.6 Å². The van der Waals surface area contributed by atoms with Crippen molar-refractivity contribution in [1.29, 1.82) is 0 Å². The number of urea groups is 1. The van der Waals surface area contributed by atoms with E-state index < -0.39 is 0 Å². The Labute approximate surface area is 147 Å². The molecule has 3 aromatic rings. The average molecular weight is 332 g/mol. The number of aromatic nitrogens is 2. The molecule has 0 aliphatic rings. The van der Waals surface area contributed by atoms with Crippen LogP contribution in [0.25, 0.3) is 11.1 Å². The molecule has 0 fully saturated rings. The summed E-state index contributed by atoms with van der Waals surface area (Å²) in [6, 6.07) is 16.9. The number of anilines is 2. The number of hydrogen-bond acceptors (Lipinski definition) is 3. The molecule has 0 atom stereocenters. The van der Waals surface area contributed by atoms with Gasteiger partial charge in [0.15, 0.2) is 0 Å². The molecule has 0 spiro atoms. The van der Waals surface area contributed by atoms with Crippen LogP contribution in [0.4, 0.5) is 16.3 Å². The molecule has 3 rings (SSSR count). The second kappa shape index (κ2) is 8.06. The van der Waals surface area contributed by atoms with Crippen LogP contribution in [-0.4, -0.2) is 16.0 Å². The Bertz CT molecular complexity index is 849. The Morgan fingerprint density at radius 1 is 0.960 bits per heavy atom. The first-order chi connectivity index (χ1) is 12.2. The van der Waals surface area contributed by atoms with E-state index in [1.54, 1.807) is 18.5 Å². The number of aryl methyl sites for hydroxylation is 1. The van der Waals surface area contributed by atoms with Crippen LogP contribution in [0.1, 0.15) is 19.0 Å². The number of benzene rings is 1. The van der Waals surface area contributed by atoms with E-state index in [9.17, 15) is 4.79 Å². The van der Waals surface area contributed by atoms with Gasteiger partial charge in [-0.1, -0.05) is 31.5 Å². The smallest absolute Gasteiger partial charge is 0.308 e. The number of pyridine rings is 2. The molecule has 0 radical (unpaired) electrons. The minimum atomic E-state index is -0.312. The maximum absolute atomic E-state index is 12.2. The van der Waals surface area contributed by atoms with Gasteiger partial charge in [0.05, 0.1) is 0 Å². The molecule has 0 aliphatic heterocycles. The van der Waals surface area contributed by atoms with Crippen LogP contribution >= 0.6 is 0 Å². The fourth-order valence-electron chi connectivity index (χ4n) is 2.54. The third-order valence-corrected chi connectivity index (χ3v) is 3.69. The molecule has 0 bridgehead atoms. The minimum absolute atomic E-state index is 0.312. The van der Waals surface area contributed by atoms with E-state index >= 15 is 0 Å². The first kappa shape index (κ1) is 16.6. The van der Waals surface area contributed by atoms with Crippen molar-refractivity contribution < 1.29 is 4.79 Å². The molecular weight excluding hydrogens is 312 g/mol. The van der Waals surface area contributed by atoms with Gasteiger partial charge in [-0.3, -0.25) is 10.3 Å². The fraction of sp³-hybridized carbons (Fsp3) is 0.150. The summed E-state index contributed by atoms with van der Waals surface area (Å²) in [4.78, 5) is 20.7. The van der Waals surface area contributed by atoms with Gasteiger partial charge >= 0.3 is 6.03 Å². The molecule has 5 heteroatoms. The summed E-state index contributed by atoms with van der Waals surface area (Å²) >= 11 is 0. The van der Waals surface area contributed by atoms with Crippen molar-refractivity contribution in [3.8, 4) is 11.1 Å². The minimum Gasteiger partial charge on any atom is -0.308 e. The standard InChI is InChI=1S/C20H20N4O/c1-2-5-17-7-4-9-19(22-17)24-20(25)23-18-8-3-6-16(14-18)15-10-12-21-13-11-15/h3-4,6-14H,2,5H2,1H3,(H2,22,23,24,25). The Hall–Kier alpha value is -3.21. The molecule has 2 heterocycles. The number of hydrogen-bond donors (Lipinski definition) is 2. The van der Waals surface area contributed by atoms with Gasteiger partial charge in [-0.15, -0.1) is 0 Å². The molecule has 1 aromatic carbocycles. The lowest BCUT2D eigenvalue weighted by molar-refractivity contribution is 0.262. The van der Waals surface area contributed by atoms with Crippen molar-refractivity contribution in [3.05, 3.63) is 72.7 Å². The highest BCUT2D eigenvalue weighted by atomic mass is 16.2. The third kappa shape index (κ3) is 4.64. The molecule has 5 nitrogen and oxygen atoms in total. The lowest BCUT2D eigenvalue weighted by Gasteiger charge is -2.09. The van der Waals surface area contributed by atoms with Crippen molar-refractivity contribution in [3.63, 3.8) is 0 Å². The zero-order chi connectivity index (χ0) is 17.5. The first-order valence-electron chi connectivity index (χ1n) is 8.29. The summed E-state index contributed by atoms with van der Waals surface area (Å²) < 4.78 is 0. The normalized spacial score (nSPS) is 10.3. The summed E-state index contributed by atoms with van der Waals surface area (Å²) in [5.74, 6) is 0.550. The number of carbonyl (C=O) groups excluding carboxylic acids is 1. The van der Waals surface area contributed by atoms with Gasteiger partial charge in [0.1, 0.15) is 5.82 Å². The average Bonchev–Trinajstić information content (AvgIpc) is 2.63. The van der Waals surface area contributed by atoms with Gasteiger partial charge in [0.2, 0.25) is 0 Å². The van der Waals surface area contributed by atoms with Gasteiger partial charge in [-0.25, -0.2) is 9.78 Å². The van der Waals surface area contributed by atoms with Crippen LogP contribution < -0.4 is 10.6 Å². The zero-order valence-electron chi connectivity index (χ0n) is 14.1. The van der Waals surface area contributed by atoms with Gasteiger partial charge < -0.3 is 5.32 Å². The second-order valence-electron chi connectivity index (χ2n) is 5.66. The molecule has 2 N–H and O–H groups in total. The molecule has 0 saturated carbocycles. The van der Waals surface area contributed by atoms with E-state index in [4.69, 9.17) is 0 Å². The van der Waals surface area contributed by atoms with E-state index in [1.807, 2.05) is 48.5 Å². The van der Waals surface area contributed by atoms with Crippen molar-refractivity contribution in [1.82, 2.24) is 9.97 Å². The maximum Gasteiger partial charge on any atom is 0.324 e. The summed E-state index contributed by atoms with van der Waals surface area (Å²) in [5.41, 5.74) is 3.76. The van der Waals surface area contributed by atoms with Crippen LogP contribution in [0.2, 0.25) is 0 Å². The molecule has 25 heavy (non-hydrogen) atoms. The number of rotatable bonds is 5. The quantitative estimate of drug-likeness (QED) is 0.709. The molecule has 0 aliphatic carbocycles. The van der Waals surface area contributed by atoms with E-state index in [0.717, 1.165) is 35.3 Å². The van der Waals surface area contributed by atoms with E-state index in [0.29, 0.717) is 5.82 Å². The fourth-order valence-corrected chi connectivity index (χ4v) is 2.54. The molecule has 126 valence electrons. The van der Waals surface area contributed by atoms with Crippen LogP contribution in [0, 0.1) is 0 Å². The van der Waals surface area contributed by atoms with E-state index in [2.05, 4.69) is 27.5 Å². The lowest BCUT2D eigenvalue weighted by Crippen LogP contribution is -2.20. The molecular formula is C20H20N4O. The zero-order valence-corrected chi connectivity index (χ0v) is 14.1. The van der Waals surface area contributed by atoms with Gasteiger partial charge in [-0.05, 0) is 53.9 Å². The predicted molar refractivity (Wildman–Crippen MR) is 101 cm³/mol. The summed E-state index contributed by atoms with van der Waals surface area (Å²) in [6.07, 6.45) is 5.41. The second-order valence-corrected chi connectivity index (χ2v) is 5.66. The summed E-state index contributed by atoms with van der Waals surface area (Å²) in [5, 5.41) is 5.62. The number of carbonyl (C=O) groups is 1. The van der Waals surface area contributed by atoms with Gasteiger partial charge in [0.25, 0.3) is 0 Å². The first-order valence-corrected chi connectivity index (χ1v) is 8.29. The SMILES string of the molecule is CCCc1cccc(NC(=O)Nc2cccc(-c3ccncc3)c2)n1. The monoisotopic (exact) mass is 332 g/mol. The van der Waals surface area contributed by atoms with Crippen molar-refractivity contribution in [2.45, 2.75) is 19.8 Å². The highest BCUT2D eigenvalue weighted by Gasteiger charge is 2.06. The van der Waals surface area contributed by atoms with Gasteiger partial charge in [0, 0.05) is 23.8 Å². The molecule has 0 unspecified atom stereocenters. The number of nitrogens with one attached hydrogen (secondary N) is 2. The van der Waals surface area contributed by atoms with E-state index in [-0.39, 0.29) is 6.03 Å². The molecule has 2 aromatic heterocycles. The molecule has 2 amide bonds. The predicted octanol–water partition coefficient (Wildman–Crippen LogP) is 4.74. The highest BCUT2D eigenvalue weighted by Crippen LogP contribution is 2.22. The van der Waals surface area contributed by atoms with Gasteiger partial charge in [-0.2, -0.15) is 0 Å². The Morgan fingerprint density at radius 2 is 1.76 bits per heavy atom. The van der Waals surface area contributed by atoms with Crippen LogP contribution in [0.3, 0.4) is 0 Å². The van der Waals surface area contributed by atoms with Crippen LogP contribution in [0.15, 0.2) is 67.0 Å². The Kier molecular flexibility index (Phi) is 5.36. The summed E-state index contributed by atoms with van der Waals surface area (Å²) in [7, 11) is 0. The molecule has 0 saturated heterocycles. The lowest BCUT2D eigenvalue weighted by atomic mass is 10.1. The van der Waals surface area contributed by atoms with Crippen LogP contribution in [0.5, 0.6) is 0 Å². The number of nitrogens with zero attached hydrogens (tertiary/aromatic N) is 2. The highest BCUT2D eigenvalue weighted by molar-refractivity contribution is 5.99. The topological polar surface area (TPSA) is 66.9 Å². The number of amides is 2. The Morgan fingerprint density at radius 3 is 2.56 bits per heavy atom. The van der Waals surface area contributed by atoms with Crippen molar-refractivity contribution in [2.24, 2.45) is 0 Å². The largest absolute Gasteiger partial charge is 0.324 e. The maximum atomic E-state index is 12.2. The van der Waals surface area contributed by atoms with Crippen molar-refractivity contribution >= 4 is 17.5 Å². The Balaban J connectivity index is 1.68. The van der Waals surface area contributed by atoms with Crippen LogP contribution in [-0.2, 0) is 6.42 Å². The third-order valence-electron chi connectivity index (χ3n) is 3.69.